The van der Waals surface area contributed by atoms with E-state index in [2.05, 4.69) is 5.32 Å². The van der Waals surface area contributed by atoms with Crippen molar-refractivity contribution >= 4 is 11.7 Å². The molecule has 4 nitrogen and oxygen atoms in total. The highest BCUT2D eigenvalue weighted by Gasteiger charge is 2.16. The summed E-state index contributed by atoms with van der Waals surface area (Å²) in [7, 11) is 1.83. The van der Waals surface area contributed by atoms with Crippen LogP contribution in [0.15, 0.2) is 24.3 Å². The SMILES string of the molecule is CCCNC(CCN(C)c1cccc(F)c1)C(=O)O. The van der Waals surface area contributed by atoms with Gasteiger partial charge in [0.1, 0.15) is 11.9 Å². The van der Waals surface area contributed by atoms with E-state index in [4.69, 9.17) is 5.11 Å². The van der Waals surface area contributed by atoms with Gasteiger partial charge in [-0.3, -0.25) is 4.79 Å². The molecule has 0 fully saturated rings. The maximum Gasteiger partial charge on any atom is 0.320 e. The van der Waals surface area contributed by atoms with Crippen LogP contribution < -0.4 is 10.2 Å². The Morgan fingerprint density at radius 1 is 1.53 bits per heavy atom. The second-order valence-corrected chi connectivity index (χ2v) is 4.54. The molecule has 0 saturated carbocycles. The molecule has 5 heteroatoms. The number of nitrogens with one attached hydrogen (secondary N) is 1. The zero-order valence-corrected chi connectivity index (χ0v) is 11.4. The second-order valence-electron chi connectivity index (χ2n) is 4.54. The van der Waals surface area contributed by atoms with Crippen LogP contribution in [0.25, 0.3) is 0 Å². The van der Waals surface area contributed by atoms with Crippen molar-refractivity contribution in [1.82, 2.24) is 5.32 Å². The van der Waals surface area contributed by atoms with Gasteiger partial charge in [0, 0.05) is 19.3 Å². The van der Waals surface area contributed by atoms with E-state index in [1.54, 1.807) is 12.1 Å². The molecule has 0 spiro atoms. The number of aliphatic carboxylic acids is 1. The maximum atomic E-state index is 13.1. The van der Waals surface area contributed by atoms with Crippen LogP contribution in [0.3, 0.4) is 0 Å². The van der Waals surface area contributed by atoms with E-state index in [0.717, 1.165) is 12.1 Å². The number of benzene rings is 1. The van der Waals surface area contributed by atoms with E-state index in [9.17, 15) is 9.18 Å². The summed E-state index contributed by atoms with van der Waals surface area (Å²) in [5.74, 6) is -1.13. The van der Waals surface area contributed by atoms with Crippen LogP contribution in [-0.2, 0) is 4.79 Å². The van der Waals surface area contributed by atoms with Gasteiger partial charge in [-0.1, -0.05) is 13.0 Å². The summed E-state index contributed by atoms with van der Waals surface area (Å²) in [6, 6.07) is 5.72. The first-order valence-corrected chi connectivity index (χ1v) is 6.47. The minimum absolute atomic E-state index is 0.289. The van der Waals surface area contributed by atoms with Crippen molar-refractivity contribution in [2.75, 3.05) is 25.0 Å². The predicted molar refractivity (Wildman–Crippen MR) is 74.0 cm³/mol. The van der Waals surface area contributed by atoms with Crippen molar-refractivity contribution in [1.29, 1.82) is 0 Å². The van der Waals surface area contributed by atoms with Crippen molar-refractivity contribution in [3.63, 3.8) is 0 Å². The number of halogens is 1. The molecule has 1 aromatic carbocycles. The molecular formula is C14H21FN2O2. The lowest BCUT2D eigenvalue weighted by atomic mass is 10.2. The Bertz CT molecular complexity index is 412. The zero-order chi connectivity index (χ0) is 14.3. The molecule has 0 amide bonds. The summed E-state index contributed by atoms with van der Waals surface area (Å²) in [6.07, 6.45) is 1.37. The summed E-state index contributed by atoms with van der Waals surface area (Å²) >= 11 is 0. The summed E-state index contributed by atoms with van der Waals surface area (Å²) < 4.78 is 13.1. The molecule has 0 radical (unpaired) electrons. The Morgan fingerprint density at radius 3 is 2.84 bits per heavy atom. The minimum atomic E-state index is -0.846. The molecule has 0 heterocycles. The number of rotatable bonds is 8. The van der Waals surface area contributed by atoms with E-state index < -0.39 is 12.0 Å². The topological polar surface area (TPSA) is 52.6 Å². The number of carbonyl (C=O) groups is 1. The Kier molecular flexibility index (Phi) is 6.29. The van der Waals surface area contributed by atoms with Gasteiger partial charge in [-0.25, -0.2) is 4.39 Å². The lowest BCUT2D eigenvalue weighted by Gasteiger charge is -2.22. The average Bonchev–Trinajstić information content (AvgIpc) is 2.38. The third-order valence-electron chi connectivity index (χ3n) is 2.94. The molecule has 0 saturated heterocycles. The first-order chi connectivity index (χ1) is 9.04. The van der Waals surface area contributed by atoms with E-state index >= 15 is 0 Å². The summed E-state index contributed by atoms with van der Waals surface area (Å²) in [5, 5.41) is 12.1. The van der Waals surface area contributed by atoms with Crippen LogP contribution in [0.2, 0.25) is 0 Å². The van der Waals surface area contributed by atoms with Crippen molar-refractivity contribution < 1.29 is 14.3 Å². The van der Waals surface area contributed by atoms with Gasteiger partial charge in [0.2, 0.25) is 0 Å². The molecule has 1 rings (SSSR count). The normalized spacial score (nSPS) is 12.2. The van der Waals surface area contributed by atoms with Gasteiger partial charge in [-0.2, -0.15) is 0 Å². The Labute approximate surface area is 113 Å². The van der Waals surface area contributed by atoms with E-state index in [1.165, 1.54) is 12.1 Å². The number of nitrogens with zero attached hydrogens (tertiary/aromatic N) is 1. The lowest BCUT2D eigenvalue weighted by molar-refractivity contribution is -0.139. The molecule has 1 aromatic rings. The smallest absolute Gasteiger partial charge is 0.320 e. The van der Waals surface area contributed by atoms with Crippen molar-refractivity contribution in [3.8, 4) is 0 Å². The molecule has 2 N–H and O–H groups in total. The fourth-order valence-electron chi connectivity index (χ4n) is 1.80. The number of anilines is 1. The number of carboxylic acid groups (broad SMARTS) is 1. The fourth-order valence-corrected chi connectivity index (χ4v) is 1.80. The zero-order valence-electron chi connectivity index (χ0n) is 11.4. The summed E-state index contributed by atoms with van der Waals surface area (Å²) in [6.45, 7) is 3.22. The number of hydrogen-bond donors (Lipinski definition) is 2. The van der Waals surface area contributed by atoms with Crippen molar-refractivity contribution in [3.05, 3.63) is 30.1 Å². The molecule has 106 valence electrons. The molecule has 0 aliphatic carbocycles. The van der Waals surface area contributed by atoms with Crippen LogP contribution in [0.1, 0.15) is 19.8 Å². The van der Waals surface area contributed by atoms with E-state index in [0.29, 0.717) is 19.5 Å². The first kappa shape index (κ1) is 15.4. The van der Waals surface area contributed by atoms with Crippen LogP contribution in [0.4, 0.5) is 10.1 Å². The quantitative estimate of drug-likeness (QED) is 0.758. The molecule has 1 unspecified atom stereocenters. The largest absolute Gasteiger partial charge is 0.480 e. The van der Waals surface area contributed by atoms with Crippen LogP contribution in [0.5, 0.6) is 0 Å². The molecule has 0 aliphatic rings. The van der Waals surface area contributed by atoms with E-state index in [-0.39, 0.29) is 5.82 Å². The minimum Gasteiger partial charge on any atom is -0.480 e. The standard InChI is InChI=1S/C14H21FN2O2/c1-3-8-16-13(14(18)19)7-9-17(2)12-6-4-5-11(15)10-12/h4-6,10,13,16H,3,7-9H2,1-2H3,(H,18,19). The first-order valence-electron chi connectivity index (χ1n) is 6.47. The summed E-state index contributed by atoms with van der Waals surface area (Å²) in [5.41, 5.74) is 0.750. The molecule has 19 heavy (non-hydrogen) atoms. The van der Waals surface area contributed by atoms with Crippen LogP contribution in [-0.4, -0.2) is 37.3 Å². The molecular weight excluding hydrogens is 247 g/mol. The van der Waals surface area contributed by atoms with Gasteiger partial charge in [0.05, 0.1) is 0 Å². The molecule has 0 aromatic heterocycles. The monoisotopic (exact) mass is 268 g/mol. The second kappa shape index (κ2) is 7.74. The van der Waals surface area contributed by atoms with Gasteiger partial charge in [0.25, 0.3) is 0 Å². The highest BCUT2D eigenvalue weighted by molar-refractivity contribution is 5.73. The van der Waals surface area contributed by atoms with Gasteiger partial charge in [0.15, 0.2) is 0 Å². The molecule has 1 atom stereocenters. The highest BCUT2D eigenvalue weighted by Crippen LogP contribution is 2.14. The van der Waals surface area contributed by atoms with Gasteiger partial charge in [-0.15, -0.1) is 0 Å². The molecule has 0 bridgehead atoms. The van der Waals surface area contributed by atoms with Gasteiger partial charge in [-0.05, 0) is 37.6 Å². The van der Waals surface area contributed by atoms with E-state index in [1.807, 2.05) is 18.9 Å². The Balaban J connectivity index is 2.51. The van der Waals surface area contributed by atoms with Crippen molar-refractivity contribution in [2.24, 2.45) is 0 Å². The number of hydrogen-bond acceptors (Lipinski definition) is 3. The Hall–Kier alpha value is -1.62. The van der Waals surface area contributed by atoms with Crippen LogP contribution >= 0.6 is 0 Å². The third-order valence-corrected chi connectivity index (χ3v) is 2.94. The fraction of sp³-hybridized carbons (Fsp3) is 0.500. The predicted octanol–water partition coefficient (Wildman–Crippen LogP) is 2.10. The lowest BCUT2D eigenvalue weighted by Crippen LogP contribution is -2.39. The van der Waals surface area contributed by atoms with Gasteiger partial charge >= 0.3 is 5.97 Å². The molecule has 0 aliphatic heterocycles. The third kappa shape index (κ3) is 5.26. The number of carboxylic acids is 1. The Morgan fingerprint density at radius 2 is 2.26 bits per heavy atom. The van der Waals surface area contributed by atoms with Gasteiger partial charge < -0.3 is 15.3 Å². The van der Waals surface area contributed by atoms with Crippen LogP contribution in [0, 0.1) is 5.82 Å². The van der Waals surface area contributed by atoms with Crippen molar-refractivity contribution in [2.45, 2.75) is 25.8 Å². The highest BCUT2D eigenvalue weighted by atomic mass is 19.1. The maximum absolute atomic E-state index is 13.1. The average molecular weight is 268 g/mol. The summed E-state index contributed by atoms with van der Waals surface area (Å²) in [4.78, 5) is 12.9.